The van der Waals surface area contributed by atoms with E-state index in [0.29, 0.717) is 25.6 Å². The number of carbonyl (C=O) groups is 1. The molecule has 1 aliphatic heterocycles. The van der Waals surface area contributed by atoms with Crippen molar-refractivity contribution in [3.63, 3.8) is 0 Å². The van der Waals surface area contributed by atoms with Gasteiger partial charge >= 0.3 is 0 Å². The topological polar surface area (TPSA) is 29.5 Å². The van der Waals surface area contributed by atoms with Gasteiger partial charge in [-0.05, 0) is 18.2 Å². The lowest BCUT2D eigenvalue weighted by Crippen LogP contribution is -2.49. The Bertz CT molecular complexity index is 456. The van der Waals surface area contributed by atoms with Crippen LogP contribution in [0.5, 0.6) is 0 Å². The molecule has 1 aromatic carbocycles. The molecule has 0 N–H and O–H groups in total. The quantitative estimate of drug-likeness (QED) is 0.784. The molecule has 1 aliphatic rings. The van der Waals surface area contributed by atoms with Crippen LogP contribution < -0.4 is 0 Å². The summed E-state index contributed by atoms with van der Waals surface area (Å²) in [6.07, 6.45) is 0. The van der Waals surface area contributed by atoms with Crippen molar-refractivity contribution in [1.82, 2.24) is 4.90 Å². The molecule has 1 unspecified atom stereocenters. The average Bonchev–Trinajstić information content (AvgIpc) is 2.41. The smallest absolute Gasteiger partial charge is 0.254 e. The fourth-order valence-corrected chi connectivity index (χ4v) is 2.22. The zero-order valence-corrected chi connectivity index (χ0v) is 11.0. The first-order valence-corrected chi connectivity index (χ1v) is 6.44. The van der Waals surface area contributed by atoms with Crippen molar-refractivity contribution in [3.05, 3.63) is 34.6 Å². The first-order valence-electron chi connectivity index (χ1n) is 5.53. The van der Waals surface area contributed by atoms with Crippen LogP contribution in [0.1, 0.15) is 10.4 Å². The molecule has 1 aromatic rings. The molecule has 0 aromatic heterocycles. The van der Waals surface area contributed by atoms with E-state index < -0.39 is 5.82 Å². The van der Waals surface area contributed by atoms with Gasteiger partial charge in [-0.15, -0.1) is 11.6 Å². The van der Waals surface area contributed by atoms with Crippen LogP contribution in [0.25, 0.3) is 0 Å². The number of carbonyl (C=O) groups excluding carboxylic acids is 1. The highest BCUT2D eigenvalue weighted by molar-refractivity contribution is 6.30. The number of ether oxygens (including phenoxy) is 1. The average molecular weight is 292 g/mol. The monoisotopic (exact) mass is 291 g/mol. The number of amides is 1. The molecule has 1 fully saturated rings. The maximum Gasteiger partial charge on any atom is 0.254 e. The standard InChI is InChI=1S/C12H12Cl2FNO2/c13-6-9-7-18-4-3-16(9)12(17)8-1-2-10(14)11(15)5-8/h1-2,5,9H,3-4,6-7H2. The molecule has 1 heterocycles. The van der Waals surface area contributed by atoms with Gasteiger partial charge in [-0.3, -0.25) is 4.79 Å². The lowest BCUT2D eigenvalue weighted by Gasteiger charge is -2.34. The Labute approximate surface area is 114 Å². The summed E-state index contributed by atoms with van der Waals surface area (Å²) in [5.74, 6) is -0.556. The number of morpholine rings is 1. The van der Waals surface area contributed by atoms with Gasteiger partial charge in [0.15, 0.2) is 0 Å². The van der Waals surface area contributed by atoms with Crippen molar-refractivity contribution < 1.29 is 13.9 Å². The summed E-state index contributed by atoms with van der Waals surface area (Å²) >= 11 is 11.4. The fourth-order valence-electron chi connectivity index (χ4n) is 1.85. The number of hydrogen-bond acceptors (Lipinski definition) is 2. The Kier molecular flexibility index (Phi) is 4.43. The van der Waals surface area contributed by atoms with Gasteiger partial charge in [-0.2, -0.15) is 0 Å². The molecule has 18 heavy (non-hydrogen) atoms. The third kappa shape index (κ3) is 2.76. The Balaban J connectivity index is 2.21. The van der Waals surface area contributed by atoms with Crippen molar-refractivity contribution in [2.45, 2.75) is 6.04 Å². The van der Waals surface area contributed by atoms with Crippen LogP contribution in [0.4, 0.5) is 4.39 Å². The van der Waals surface area contributed by atoms with Crippen LogP contribution in [0.2, 0.25) is 5.02 Å². The van der Waals surface area contributed by atoms with Crippen molar-refractivity contribution in [1.29, 1.82) is 0 Å². The first-order chi connectivity index (χ1) is 8.63. The molecule has 0 bridgehead atoms. The molecule has 1 saturated heterocycles. The second-order valence-corrected chi connectivity index (χ2v) is 4.73. The molecule has 1 atom stereocenters. The maximum absolute atomic E-state index is 13.3. The first kappa shape index (κ1) is 13.6. The number of benzene rings is 1. The van der Waals surface area contributed by atoms with Crippen LogP contribution >= 0.6 is 23.2 Å². The number of rotatable bonds is 2. The number of alkyl halides is 1. The minimum absolute atomic E-state index is 0.00224. The molecule has 1 amide bonds. The van der Waals surface area contributed by atoms with E-state index in [2.05, 4.69) is 0 Å². The molecule has 3 nitrogen and oxygen atoms in total. The molecule has 6 heteroatoms. The molecule has 2 rings (SSSR count). The number of hydrogen-bond donors (Lipinski definition) is 0. The third-order valence-electron chi connectivity index (χ3n) is 2.83. The molecular formula is C12H12Cl2FNO2. The Hall–Kier alpha value is -0.840. The van der Waals surface area contributed by atoms with E-state index in [1.807, 2.05) is 0 Å². The lowest BCUT2D eigenvalue weighted by atomic mass is 10.1. The highest BCUT2D eigenvalue weighted by atomic mass is 35.5. The third-order valence-corrected chi connectivity index (χ3v) is 3.50. The van der Waals surface area contributed by atoms with E-state index in [-0.39, 0.29) is 22.5 Å². The van der Waals surface area contributed by atoms with Crippen molar-refractivity contribution in [2.75, 3.05) is 25.6 Å². The van der Waals surface area contributed by atoms with E-state index in [1.165, 1.54) is 12.1 Å². The SMILES string of the molecule is O=C(c1ccc(Cl)c(F)c1)N1CCOCC1CCl. The van der Waals surface area contributed by atoms with E-state index >= 15 is 0 Å². The van der Waals surface area contributed by atoms with E-state index in [9.17, 15) is 9.18 Å². The van der Waals surface area contributed by atoms with E-state index in [1.54, 1.807) is 4.90 Å². The zero-order valence-electron chi connectivity index (χ0n) is 9.54. The molecule has 0 saturated carbocycles. The Morgan fingerprint density at radius 1 is 1.56 bits per heavy atom. The van der Waals surface area contributed by atoms with Gasteiger partial charge in [-0.1, -0.05) is 11.6 Å². The summed E-state index contributed by atoms with van der Waals surface area (Å²) < 4.78 is 18.6. The van der Waals surface area contributed by atoms with Crippen molar-refractivity contribution in [2.24, 2.45) is 0 Å². The molecule has 0 aliphatic carbocycles. The van der Waals surface area contributed by atoms with Gasteiger partial charge in [-0.25, -0.2) is 4.39 Å². The second-order valence-electron chi connectivity index (χ2n) is 4.01. The van der Waals surface area contributed by atoms with Crippen molar-refractivity contribution in [3.8, 4) is 0 Å². The minimum atomic E-state index is -0.599. The summed E-state index contributed by atoms with van der Waals surface area (Å²) in [6, 6.07) is 3.85. The van der Waals surface area contributed by atoms with Gasteiger partial charge in [0, 0.05) is 18.0 Å². The van der Waals surface area contributed by atoms with Gasteiger partial charge in [0.25, 0.3) is 5.91 Å². The lowest BCUT2D eigenvalue weighted by molar-refractivity contribution is 0.00454. The van der Waals surface area contributed by atoms with Crippen LogP contribution in [0.15, 0.2) is 18.2 Å². The molecular weight excluding hydrogens is 280 g/mol. The fraction of sp³-hybridized carbons (Fsp3) is 0.417. The summed E-state index contributed by atoms with van der Waals surface area (Å²) in [4.78, 5) is 13.8. The molecule has 98 valence electrons. The number of halogens is 3. The maximum atomic E-state index is 13.3. The van der Waals surface area contributed by atoms with Crippen molar-refractivity contribution >= 4 is 29.1 Å². The summed E-state index contributed by atoms with van der Waals surface area (Å²) in [7, 11) is 0. The summed E-state index contributed by atoms with van der Waals surface area (Å²) in [6.45, 7) is 1.33. The summed E-state index contributed by atoms with van der Waals surface area (Å²) in [5.41, 5.74) is 0.272. The van der Waals surface area contributed by atoms with Gasteiger partial charge < -0.3 is 9.64 Å². The predicted molar refractivity (Wildman–Crippen MR) is 67.8 cm³/mol. The largest absolute Gasteiger partial charge is 0.377 e. The van der Waals surface area contributed by atoms with Gasteiger partial charge in [0.05, 0.1) is 24.3 Å². The Morgan fingerprint density at radius 3 is 3.00 bits per heavy atom. The Morgan fingerprint density at radius 2 is 2.33 bits per heavy atom. The predicted octanol–water partition coefficient (Wildman–Crippen LogP) is 2.56. The zero-order chi connectivity index (χ0) is 13.1. The van der Waals surface area contributed by atoms with Crippen LogP contribution in [0, 0.1) is 5.82 Å². The van der Waals surface area contributed by atoms with E-state index in [4.69, 9.17) is 27.9 Å². The van der Waals surface area contributed by atoms with Gasteiger partial charge in [0.1, 0.15) is 5.82 Å². The minimum Gasteiger partial charge on any atom is -0.377 e. The highest BCUT2D eigenvalue weighted by Gasteiger charge is 2.27. The van der Waals surface area contributed by atoms with E-state index in [0.717, 1.165) is 6.07 Å². The van der Waals surface area contributed by atoms with Crippen LogP contribution in [-0.2, 0) is 4.74 Å². The molecule has 0 radical (unpaired) electrons. The number of nitrogens with zero attached hydrogens (tertiary/aromatic N) is 1. The highest BCUT2D eigenvalue weighted by Crippen LogP contribution is 2.19. The van der Waals surface area contributed by atoms with Gasteiger partial charge in [0.2, 0.25) is 0 Å². The molecule has 0 spiro atoms. The summed E-state index contributed by atoms with van der Waals surface area (Å²) in [5, 5.41) is 0.00224. The second kappa shape index (κ2) is 5.87. The van der Waals surface area contributed by atoms with Crippen LogP contribution in [0.3, 0.4) is 0 Å². The normalized spacial score (nSPS) is 19.9. The van der Waals surface area contributed by atoms with Crippen LogP contribution in [-0.4, -0.2) is 42.5 Å².